The van der Waals surface area contributed by atoms with E-state index in [1.807, 2.05) is 30.3 Å². The first kappa shape index (κ1) is 22.0. The van der Waals surface area contributed by atoms with Gasteiger partial charge >= 0.3 is 5.97 Å². The molecule has 164 valence electrons. The fraction of sp³-hybridized carbons (Fsp3) is 0.440. The van der Waals surface area contributed by atoms with Crippen LogP contribution in [0.1, 0.15) is 37.3 Å². The van der Waals surface area contributed by atoms with Crippen LogP contribution in [-0.4, -0.2) is 47.9 Å². The fourth-order valence-corrected chi connectivity index (χ4v) is 5.21. The quantitative estimate of drug-likeness (QED) is 0.652. The van der Waals surface area contributed by atoms with Crippen molar-refractivity contribution in [3.63, 3.8) is 0 Å². The third-order valence-corrected chi connectivity index (χ3v) is 7.29. The average molecular weight is 441 g/mol. The number of nitrogens with one attached hydrogen (secondary N) is 1. The number of likely N-dealkylation sites (tertiary alicyclic amines) is 1. The van der Waals surface area contributed by atoms with Gasteiger partial charge in [0.2, 0.25) is 0 Å². The van der Waals surface area contributed by atoms with Crippen LogP contribution in [0.15, 0.2) is 54.6 Å². The summed E-state index contributed by atoms with van der Waals surface area (Å²) in [4.78, 5) is 26.2. The highest BCUT2D eigenvalue weighted by molar-refractivity contribution is 6.30. The molecule has 2 aliphatic rings. The van der Waals surface area contributed by atoms with Crippen molar-refractivity contribution < 1.29 is 14.7 Å². The first-order valence-electron chi connectivity index (χ1n) is 10.9. The minimum Gasteiger partial charge on any atom is -0.481 e. The molecule has 6 heteroatoms. The Morgan fingerprint density at radius 2 is 1.71 bits per heavy atom. The van der Waals surface area contributed by atoms with Crippen LogP contribution in [0, 0.1) is 5.92 Å². The van der Waals surface area contributed by atoms with Gasteiger partial charge in [-0.3, -0.25) is 9.59 Å². The second kappa shape index (κ2) is 8.73. The SMILES string of the molecule is CC(=O)CNC1(c2ccccc2)CCN(C[C@@H]2C[C@@]2(C(=O)O)c2ccc(Cl)cc2)CC1. The molecule has 4 rings (SSSR count). The highest BCUT2D eigenvalue weighted by Crippen LogP contribution is 2.55. The predicted octanol–water partition coefficient (Wildman–Crippen LogP) is 3.85. The topological polar surface area (TPSA) is 69.6 Å². The average Bonchev–Trinajstić information content (AvgIpc) is 3.49. The number of carboxylic acids is 1. The van der Waals surface area contributed by atoms with Gasteiger partial charge in [0.05, 0.1) is 12.0 Å². The first-order valence-corrected chi connectivity index (χ1v) is 11.3. The highest BCUT2D eigenvalue weighted by Gasteiger charge is 2.61. The number of carboxylic acid groups (broad SMARTS) is 1. The number of carbonyl (C=O) groups excluding carboxylic acids is 1. The van der Waals surface area contributed by atoms with Gasteiger partial charge in [-0.05, 0) is 55.4 Å². The van der Waals surface area contributed by atoms with Crippen molar-refractivity contribution in [2.24, 2.45) is 5.92 Å². The molecule has 1 aliphatic heterocycles. The van der Waals surface area contributed by atoms with Crippen LogP contribution in [-0.2, 0) is 20.5 Å². The van der Waals surface area contributed by atoms with Crippen LogP contribution in [0.4, 0.5) is 0 Å². The number of hydrogen-bond donors (Lipinski definition) is 2. The van der Waals surface area contributed by atoms with Gasteiger partial charge in [0.15, 0.2) is 0 Å². The van der Waals surface area contributed by atoms with Crippen molar-refractivity contribution in [2.45, 2.75) is 37.1 Å². The summed E-state index contributed by atoms with van der Waals surface area (Å²) in [5.74, 6) is -0.524. The number of hydrogen-bond acceptors (Lipinski definition) is 4. The van der Waals surface area contributed by atoms with Crippen molar-refractivity contribution in [3.05, 3.63) is 70.7 Å². The Balaban J connectivity index is 1.44. The summed E-state index contributed by atoms with van der Waals surface area (Å²) in [6.45, 7) is 4.47. The molecular weight excluding hydrogens is 412 g/mol. The number of halogens is 1. The first-order chi connectivity index (χ1) is 14.9. The zero-order valence-electron chi connectivity index (χ0n) is 17.8. The molecule has 1 aliphatic carbocycles. The number of carbonyl (C=O) groups is 2. The third-order valence-electron chi connectivity index (χ3n) is 7.04. The Morgan fingerprint density at radius 3 is 2.29 bits per heavy atom. The molecule has 1 heterocycles. The van der Waals surface area contributed by atoms with E-state index >= 15 is 0 Å². The summed E-state index contributed by atoms with van der Waals surface area (Å²) in [5.41, 5.74) is 1.04. The van der Waals surface area contributed by atoms with E-state index in [9.17, 15) is 14.7 Å². The Kier molecular flexibility index (Phi) is 6.20. The van der Waals surface area contributed by atoms with Gasteiger partial charge in [-0.15, -0.1) is 0 Å². The van der Waals surface area contributed by atoms with Crippen molar-refractivity contribution in [1.82, 2.24) is 10.2 Å². The maximum absolute atomic E-state index is 12.2. The normalized spacial score (nSPS) is 25.2. The lowest BCUT2D eigenvalue weighted by atomic mass is 9.80. The van der Waals surface area contributed by atoms with Gasteiger partial charge in [0, 0.05) is 30.2 Å². The third kappa shape index (κ3) is 4.40. The lowest BCUT2D eigenvalue weighted by molar-refractivity contribution is -0.140. The molecule has 0 radical (unpaired) electrons. The number of rotatable bonds is 8. The van der Waals surface area contributed by atoms with Gasteiger partial charge in [0.25, 0.3) is 0 Å². The van der Waals surface area contributed by atoms with Crippen molar-refractivity contribution in [2.75, 3.05) is 26.2 Å². The molecule has 0 spiro atoms. The maximum atomic E-state index is 12.2. The summed E-state index contributed by atoms with van der Waals surface area (Å²) in [5, 5.41) is 14.1. The van der Waals surface area contributed by atoms with Crippen molar-refractivity contribution in [1.29, 1.82) is 0 Å². The summed E-state index contributed by atoms with van der Waals surface area (Å²) in [7, 11) is 0. The predicted molar refractivity (Wildman–Crippen MR) is 121 cm³/mol. The molecule has 0 bridgehead atoms. The smallest absolute Gasteiger partial charge is 0.314 e. The maximum Gasteiger partial charge on any atom is 0.314 e. The van der Waals surface area contributed by atoms with E-state index in [0.29, 0.717) is 18.0 Å². The van der Waals surface area contributed by atoms with Crippen LogP contribution in [0.5, 0.6) is 0 Å². The molecule has 5 nitrogen and oxygen atoms in total. The van der Waals surface area contributed by atoms with Crippen LogP contribution < -0.4 is 5.32 Å². The molecule has 2 fully saturated rings. The Labute approximate surface area is 188 Å². The summed E-state index contributed by atoms with van der Waals surface area (Å²) < 4.78 is 0. The number of Topliss-reactive ketones (excluding diaryl/α,β-unsaturated/α-hetero) is 1. The van der Waals surface area contributed by atoms with Crippen LogP contribution in [0.3, 0.4) is 0 Å². The monoisotopic (exact) mass is 440 g/mol. The molecule has 1 saturated carbocycles. The zero-order valence-corrected chi connectivity index (χ0v) is 18.6. The molecule has 0 aromatic heterocycles. The number of benzene rings is 2. The minimum atomic E-state index is -0.800. The molecule has 0 amide bonds. The van der Waals surface area contributed by atoms with Gasteiger partial charge < -0.3 is 15.3 Å². The molecule has 2 N–H and O–H groups in total. The van der Waals surface area contributed by atoms with Gasteiger partial charge in [0.1, 0.15) is 5.78 Å². The molecular formula is C25H29ClN2O3. The lowest BCUT2D eigenvalue weighted by Gasteiger charge is -2.43. The summed E-state index contributed by atoms with van der Waals surface area (Å²) >= 11 is 5.99. The molecule has 0 unspecified atom stereocenters. The lowest BCUT2D eigenvalue weighted by Crippen LogP contribution is -2.52. The number of piperidine rings is 1. The largest absolute Gasteiger partial charge is 0.481 e. The van der Waals surface area contributed by atoms with E-state index in [1.54, 1.807) is 19.1 Å². The van der Waals surface area contributed by atoms with Gasteiger partial charge in [-0.25, -0.2) is 0 Å². The van der Waals surface area contributed by atoms with E-state index in [2.05, 4.69) is 22.3 Å². The zero-order chi connectivity index (χ0) is 22.1. The number of nitrogens with zero attached hydrogens (tertiary/aromatic N) is 1. The number of aliphatic carboxylic acids is 1. The Bertz CT molecular complexity index is 939. The number of ketones is 1. The summed E-state index contributed by atoms with van der Waals surface area (Å²) in [6.07, 6.45) is 2.43. The van der Waals surface area contributed by atoms with E-state index in [-0.39, 0.29) is 17.2 Å². The second-order valence-electron chi connectivity index (χ2n) is 8.99. The van der Waals surface area contributed by atoms with Gasteiger partial charge in [-0.1, -0.05) is 54.1 Å². The molecule has 2 aromatic carbocycles. The molecule has 2 aromatic rings. The van der Waals surface area contributed by atoms with E-state index in [0.717, 1.165) is 38.0 Å². The van der Waals surface area contributed by atoms with E-state index < -0.39 is 11.4 Å². The van der Waals surface area contributed by atoms with Crippen molar-refractivity contribution in [3.8, 4) is 0 Å². The van der Waals surface area contributed by atoms with Crippen LogP contribution in [0.2, 0.25) is 5.02 Å². The second-order valence-corrected chi connectivity index (χ2v) is 9.43. The van der Waals surface area contributed by atoms with E-state index in [1.165, 1.54) is 5.56 Å². The standard InChI is InChI=1S/C25H29ClN2O3/c1-18(29)16-27-24(19-5-3-2-4-6-19)11-13-28(14-12-24)17-21-15-25(21,23(30)31)20-7-9-22(26)10-8-20/h2-10,21,27H,11-17H2,1H3,(H,30,31)/t21-,25+/m0/s1. The summed E-state index contributed by atoms with van der Waals surface area (Å²) in [6, 6.07) is 17.6. The molecule has 2 atom stereocenters. The Morgan fingerprint density at radius 1 is 1.06 bits per heavy atom. The van der Waals surface area contributed by atoms with Gasteiger partial charge in [-0.2, -0.15) is 0 Å². The van der Waals surface area contributed by atoms with Crippen LogP contribution in [0.25, 0.3) is 0 Å². The van der Waals surface area contributed by atoms with Crippen molar-refractivity contribution >= 4 is 23.4 Å². The highest BCUT2D eigenvalue weighted by atomic mass is 35.5. The molecule has 31 heavy (non-hydrogen) atoms. The minimum absolute atomic E-state index is 0.0978. The van der Waals surface area contributed by atoms with Crippen LogP contribution >= 0.6 is 11.6 Å². The fourth-order valence-electron chi connectivity index (χ4n) is 5.08. The van der Waals surface area contributed by atoms with E-state index in [4.69, 9.17) is 11.6 Å². The molecule has 1 saturated heterocycles. The Hall–Kier alpha value is -2.21.